The van der Waals surface area contributed by atoms with Crippen LogP contribution < -0.4 is 10.2 Å². The van der Waals surface area contributed by atoms with Crippen molar-refractivity contribution in [1.82, 2.24) is 10.3 Å². The second kappa shape index (κ2) is 7.09. The molecule has 2 rings (SSSR count). The van der Waals surface area contributed by atoms with Gasteiger partial charge in [0.05, 0.1) is 12.2 Å². The summed E-state index contributed by atoms with van der Waals surface area (Å²) in [4.78, 5) is 6.04. The maximum atomic E-state index is 12.5. The van der Waals surface area contributed by atoms with E-state index in [0.29, 0.717) is 12.4 Å². The molecule has 1 fully saturated rings. The minimum Gasteiger partial charge on any atom is -0.383 e. The van der Waals surface area contributed by atoms with Crippen LogP contribution in [0.3, 0.4) is 0 Å². The van der Waals surface area contributed by atoms with E-state index >= 15 is 0 Å². The third-order valence-corrected chi connectivity index (χ3v) is 3.61. The van der Waals surface area contributed by atoms with Crippen molar-refractivity contribution in [3.8, 4) is 0 Å². The van der Waals surface area contributed by atoms with Gasteiger partial charge < -0.3 is 15.0 Å². The fourth-order valence-electron chi connectivity index (χ4n) is 2.52. The Balaban J connectivity index is 1.96. The van der Waals surface area contributed by atoms with E-state index in [2.05, 4.69) is 15.2 Å². The highest BCUT2D eigenvalue weighted by molar-refractivity contribution is 5.42. The van der Waals surface area contributed by atoms with Crippen LogP contribution >= 0.6 is 0 Å². The number of hydrogen-bond donors (Lipinski definition) is 1. The largest absolute Gasteiger partial charge is 0.417 e. The summed E-state index contributed by atoms with van der Waals surface area (Å²) in [6.45, 7) is 3.02. The van der Waals surface area contributed by atoms with Gasteiger partial charge >= 0.3 is 6.18 Å². The Morgan fingerprint density at radius 2 is 2.24 bits per heavy atom. The maximum absolute atomic E-state index is 12.5. The van der Waals surface area contributed by atoms with Gasteiger partial charge in [-0.25, -0.2) is 4.98 Å². The zero-order valence-electron chi connectivity index (χ0n) is 12.0. The molecule has 1 aromatic rings. The quantitative estimate of drug-likeness (QED) is 0.818. The molecule has 7 heteroatoms. The first-order chi connectivity index (χ1) is 10.0. The molecule has 4 nitrogen and oxygen atoms in total. The Hall–Kier alpha value is -1.34. The molecule has 0 aliphatic carbocycles. The van der Waals surface area contributed by atoms with E-state index in [9.17, 15) is 13.2 Å². The summed E-state index contributed by atoms with van der Waals surface area (Å²) in [5.74, 6) is 0.610. The predicted octanol–water partition coefficient (Wildman–Crippen LogP) is 2.31. The number of hydrogen-bond acceptors (Lipinski definition) is 4. The van der Waals surface area contributed by atoms with Crippen LogP contribution in [0.5, 0.6) is 0 Å². The van der Waals surface area contributed by atoms with Crippen molar-refractivity contribution >= 4 is 5.82 Å². The number of ether oxygens (including phenoxy) is 1. The summed E-state index contributed by atoms with van der Waals surface area (Å²) < 4.78 is 42.6. The van der Waals surface area contributed by atoms with Gasteiger partial charge in [0.1, 0.15) is 5.82 Å². The van der Waals surface area contributed by atoms with Gasteiger partial charge in [0.25, 0.3) is 0 Å². The highest BCUT2D eigenvalue weighted by Crippen LogP contribution is 2.30. The Morgan fingerprint density at radius 3 is 2.86 bits per heavy atom. The zero-order chi connectivity index (χ0) is 15.3. The van der Waals surface area contributed by atoms with Gasteiger partial charge in [-0.3, -0.25) is 0 Å². The standard InChI is InChI=1S/C14H20F3N3O/c1-21-8-6-18-10-12-3-2-7-20(12)13-5-4-11(9-19-13)14(15,16)17/h4-5,9,12,18H,2-3,6-8,10H2,1H3. The summed E-state index contributed by atoms with van der Waals surface area (Å²) in [5, 5.41) is 3.29. The van der Waals surface area contributed by atoms with Crippen molar-refractivity contribution in [3.05, 3.63) is 23.9 Å². The van der Waals surface area contributed by atoms with Crippen molar-refractivity contribution in [2.24, 2.45) is 0 Å². The van der Waals surface area contributed by atoms with Crippen molar-refractivity contribution < 1.29 is 17.9 Å². The molecular formula is C14H20F3N3O. The number of aromatic nitrogens is 1. The molecular weight excluding hydrogens is 283 g/mol. The van der Waals surface area contributed by atoms with Crippen LogP contribution in [-0.2, 0) is 10.9 Å². The van der Waals surface area contributed by atoms with Gasteiger partial charge in [0.2, 0.25) is 0 Å². The van der Waals surface area contributed by atoms with Gasteiger partial charge in [-0.1, -0.05) is 0 Å². The minimum atomic E-state index is -4.34. The van der Waals surface area contributed by atoms with Gasteiger partial charge in [-0.05, 0) is 25.0 Å². The molecule has 1 aromatic heterocycles. The molecule has 0 aromatic carbocycles. The first-order valence-electron chi connectivity index (χ1n) is 7.02. The zero-order valence-corrected chi connectivity index (χ0v) is 12.0. The average molecular weight is 303 g/mol. The van der Waals surface area contributed by atoms with Crippen molar-refractivity contribution in [3.63, 3.8) is 0 Å². The SMILES string of the molecule is COCCNCC1CCCN1c1ccc(C(F)(F)F)cn1. The number of methoxy groups -OCH3 is 1. The highest BCUT2D eigenvalue weighted by Gasteiger charge is 2.31. The lowest BCUT2D eigenvalue weighted by Crippen LogP contribution is -2.39. The highest BCUT2D eigenvalue weighted by atomic mass is 19.4. The first kappa shape index (κ1) is 16.0. The number of nitrogens with zero attached hydrogens (tertiary/aromatic N) is 2. The van der Waals surface area contributed by atoms with Crippen molar-refractivity contribution in [2.45, 2.75) is 25.1 Å². The molecule has 1 saturated heterocycles. The lowest BCUT2D eigenvalue weighted by Gasteiger charge is -2.26. The van der Waals surface area contributed by atoms with Crippen LogP contribution in [0.1, 0.15) is 18.4 Å². The molecule has 1 aliphatic rings. The van der Waals surface area contributed by atoms with Gasteiger partial charge in [0, 0.05) is 39.0 Å². The Labute approximate surface area is 122 Å². The second-order valence-electron chi connectivity index (χ2n) is 5.09. The number of nitrogens with one attached hydrogen (secondary N) is 1. The van der Waals surface area contributed by atoms with Crippen LogP contribution in [0.4, 0.5) is 19.0 Å². The predicted molar refractivity (Wildman–Crippen MR) is 74.4 cm³/mol. The molecule has 1 aliphatic heterocycles. The molecule has 1 unspecified atom stereocenters. The van der Waals surface area contributed by atoms with Crippen molar-refractivity contribution in [1.29, 1.82) is 0 Å². The monoisotopic (exact) mass is 303 g/mol. The minimum absolute atomic E-state index is 0.270. The third-order valence-electron chi connectivity index (χ3n) is 3.61. The van der Waals surface area contributed by atoms with E-state index < -0.39 is 11.7 Å². The van der Waals surface area contributed by atoms with Crippen LogP contribution in [0.25, 0.3) is 0 Å². The lowest BCUT2D eigenvalue weighted by molar-refractivity contribution is -0.137. The van der Waals surface area contributed by atoms with E-state index in [1.54, 1.807) is 7.11 Å². The van der Waals surface area contributed by atoms with Gasteiger partial charge in [-0.2, -0.15) is 13.2 Å². The summed E-state index contributed by atoms with van der Waals surface area (Å²) in [6, 6.07) is 2.82. The average Bonchev–Trinajstić information content (AvgIpc) is 2.91. The van der Waals surface area contributed by atoms with Crippen LogP contribution in [0, 0.1) is 0 Å². The van der Waals surface area contributed by atoms with Crippen LogP contribution in [0.15, 0.2) is 18.3 Å². The normalized spacial score (nSPS) is 19.2. The van der Waals surface area contributed by atoms with E-state index in [1.165, 1.54) is 6.07 Å². The number of halogens is 3. The molecule has 1 atom stereocenters. The molecule has 0 radical (unpaired) electrons. The lowest BCUT2D eigenvalue weighted by atomic mass is 10.2. The maximum Gasteiger partial charge on any atom is 0.417 e. The third kappa shape index (κ3) is 4.31. The molecule has 0 spiro atoms. The molecule has 1 N–H and O–H groups in total. The number of pyridine rings is 1. The van der Waals surface area contributed by atoms with E-state index in [4.69, 9.17) is 4.74 Å². The number of rotatable bonds is 6. The van der Waals surface area contributed by atoms with Crippen LogP contribution in [0.2, 0.25) is 0 Å². The molecule has 2 heterocycles. The van der Waals surface area contributed by atoms with Crippen molar-refractivity contribution in [2.75, 3.05) is 38.3 Å². The summed E-state index contributed by atoms with van der Waals surface area (Å²) in [5.41, 5.74) is -0.708. The van der Waals surface area contributed by atoms with E-state index in [0.717, 1.165) is 44.7 Å². The summed E-state index contributed by atoms with van der Waals surface area (Å²) in [7, 11) is 1.65. The molecule has 0 bridgehead atoms. The molecule has 118 valence electrons. The molecule has 21 heavy (non-hydrogen) atoms. The summed E-state index contributed by atoms with van der Waals surface area (Å²) >= 11 is 0. The molecule has 0 saturated carbocycles. The summed E-state index contributed by atoms with van der Waals surface area (Å²) in [6.07, 6.45) is -1.39. The Bertz CT molecular complexity index is 436. The number of alkyl halides is 3. The molecule has 0 amide bonds. The fraction of sp³-hybridized carbons (Fsp3) is 0.643. The van der Waals surface area contributed by atoms with Crippen LogP contribution in [-0.4, -0.2) is 44.4 Å². The second-order valence-corrected chi connectivity index (χ2v) is 5.09. The van der Waals surface area contributed by atoms with Gasteiger partial charge in [0.15, 0.2) is 0 Å². The van der Waals surface area contributed by atoms with E-state index in [1.807, 2.05) is 0 Å². The smallest absolute Gasteiger partial charge is 0.383 e. The first-order valence-corrected chi connectivity index (χ1v) is 7.02. The fourth-order valence-corrected chi connectivity index (χ4v) is 2.52. The Kier molecular flexibility index (Phi) is 5.41. The Morgan fingerprint density at radius 1 is 1.43 bits per heavy atom. The van der Waals surface area contributed by atoms with E-state index in [-0.39, 0.29) is 6.04 Å². The number of anilines is 1. The van der Waals surface area contributed by atoms with Gasteiger partial charge in [-0.15, -0.1) is 0 Å². The topological polar surface area (TPSA) is 37.4 Å².